The van der Waals surface area contributed by atoms with Crippen LogP contribution in [0, 0.1) is 5.82 Å². The van der Waals surface area contributed by atoms with E-state index < -0.39 is 23.2 Å². The first-order valence-corrected chi connectivity index (χ1v) is 11.3. The average molecular weight is 481 g/mol. The molecule has 3 unspecified atom stereocenters. The average Bonchev–Trinajstić information content (AvgIpc) is 3.27. The van der Waals surface area contributed by atoms with Gasteiger partial charge in [0.15, 0.2) is 0 Å². The van der Waals surface area contributed by atoms with E-state index in [1.165, 1.54) is 24.3 Å². The topological polar surface area (TPSA) is 64.8 Å². The fourth-order valence-corrected chi connectivity index (χ4v) is 4.99. The third-order valence-corrected chi connectivity index (χ3v) is 7.01. The number of halogens is 4. The molecule has 1 amide bonds. The van der Waals surface area contributed by atoms with Gasteiger partial charge in [-0.05, 0) is 48.7 Å². The number of rotatable bonds is 6. The highest BCUT2D eigenvalue weighted by molar-refractivity contribution is 5.85. The quantitative estimate of drug-likeness (QED) is 0.619. The summed E-state index contributed by atoms with van der Waals surface area (Å²) >= 11 is 0. The van der Waals surface area contributed by atoms with Gasteiger partial charge >= 0.3 is 6.18 Å². The summed E-state index contributed by atoms with van der Waals surface area (Å²) in [5, 5.41) is 0. The lowest BCUT2D eigenvalue weighted by atomic mass is 9.79. The number of likely N-dealkylation sites (tertiary alicyclic amines) is 1. The largest absolute Gasteiger partial charge is 0.489 e. The second kappa shape index (κ2) is 9.54. The molecule has 2 aromatic carbocycles. The molecule has 34 heavy (non-hydrogen) atoms. The maximum Gasteiger partial charge on any atom is 0.416 e. The lowest BCUT2D eigenvalue weighted by molar-refractivity contribution is -0.142. The van der Waals surface area contributed by atoms with Gasteiger partial charge in [-0.15, -0.1) is 0 Å². The first kappa shape index (κ1) is 24.5. The lowest BCUT2D eigenvalue weighted by Gasteiger charge is -2.46. The molecule has 2 aromatic rings. The number of carbonyl (C=O) groups excluding carboxylic acids is 1. The fraction of sp³-hybridized carbons (Fsp3) is 0.480. The Morgan fingerprint density at radius 2 is 1.97 bits per heavy atom. The highest BCUT2D eigenvalue weighted by atomic mass is 19.4. The number of carbonyl (C=O) groups is 1. The number of hydrogen-bond acceptors (Lipinski definition) is 4. The van der Waals surface area contributed by atoms with Crippen LogP contribution in [0.25, 0.3) is 0 Å². The van der Waals surface area contributed by atoms with Gasteiger partial charge in [0, 0.05) is 32.0 Å². The van der Waals surface area contributed by atoms with Crippen LogP contribution in [0.3, 0.4) is 0 Å². The minimum atomic E-state index is -4.45. The SMILES string of the molecule is C[C@@H](c1ccc(F)cc1)C1CC(C(N)=O)(N2CCC(Oc3cccc(C(F)(F)F)c3)C2)CCO1. The number of ether oxygens (including phenoxy) is 2. The Labute approximate surface area is 195 Å². The Morgan fingerprint density at radius 3 is 2.65 bits per heavy atom. The highest BCUT2D eigenvalue weighted by Gasteiger charge is 2.50. The lowest BCUT2D eigenvalue weighted by Crippen LogP contribution is -2.61. The molecular formula is C25H28F4N2O3. The number of amides is 1. The molecule has 0 aromatic heterocycles. The highest BCUT2D eigenvalue weighted by Crippen LogP contribution is 2.39. The summed E-state index contributed by atoms with van der Waals surface area (Å²) in [6.07, 6.45) is -3.76. The van der Waals surface area contributed by atoms with Crippen molar-refractivity contribution in [1.29, 1.82) is 0 Å². The van der Waals surface area contributed by atoms with Crippen molar-refractivity contribution in [3.8, 4) is 5.75 Å². The molecule has 0 saturated carbocycles. The number of hydrogen-bond donors (Lipinski definition) is 1. The second-order valence-electron chi connectivity index (χ2n) is 9.10. The summed E-state index contributed by atoms with van der Waals surface area (Å²) in [5.41, 5.74) is 5.11. The Hall–Kier alpha value is -2.65. The van der Waals surface area contributed by atoms with Gasteiger partial charge in [0.1, 0.15) is 23.2 Å². The summed E-state index contributed by atoms with van der Waals surface area (Å²) < 4.78 is 64.2. The number of nitrogens with zero attached hydrogens (tertiary/aromatic N) is 1. The van der Waals surface area contributed by atoms with Crippen molar-refractivity contribution < 1.29 is 31.8 Å². The molecule has 4 rings (SSSR count). The van der Waals surface area contributed by atoms with E-state index in [0.29, 0.717) is 39.0 Å². The van der Waals surface area contributed by atoms with Crippen molar-refractivity contribution >= 4 is 5.91 Å². The molecule has 0 spiro atoms. The van der Waals surface area contributed by atoms with Gasteiger partial charge in [0.25, 0.3) is 0 Å². The molecular weight excluding hydrogens is 452 g/mol. The van der Waals surface area contributed by atoms with Crippen molar-refractivity contribution in [3.05, 3.63) is 65.5 Å². The third kappa shape index (κ3) is 5.05. The van der Waals surface area contributed by atoms with Gasteiger partial charge in [-0.1, -0.05) is 25.1 Å². The van der Waals surface area contributed by atoms with Crippen LogP contribution in [-0.4, -0.2) is 48.3 Å². The molecule has 0 bridgehead atoms. The second-order valence-corrected chi connectivity index (χ2v) is 9.10. The van der Waals surface area contributed by atoms with E-state index in [2.05, 4.69) is 0 Å². The Bertz CT molecular complexity index is 1010. The summed E-state index contributed by atoms with van der Waals surface area (Å²) in [4.78, 5) is 14.7. The minimum Gasteiger partial charge on any atom is -0.489 e. The molecule has 0 aliphatic carbocycles. The molecule has 4 atom stereocenters. The van der Waals surface area contributed by atoms with Gasteiger partial charge in [0.2, 0.25) is 5.91 Å². The summed E-state index contributed by atoms with van der Waals surface area (Å²) in [5.74, 6) is -0.716. The first-order valence-electron chi connectivity index (χ1n) is 11.3. The molecule has 2 heterocycles. The molecule has 5 nitrogen and oxygen atoms in total. The van der Waals surface area contributed by atoms with Crippen molar-refractivity contribution in [1.82, 2.24) is 4.90 Å². The van der Waals surface area contributed by atoms with E-state index in [0.717, 1.165) is 17.7 Å². The molecule has 2 aliphatic rings. The Kier molecular flexibility index (Phi) is 6.87. The monoisotopic (exact) mass is 480 g/mol. The van der Waals surface area contributed by atoms with Crippen LogP contribution in [0.5, 0.6) is 5.75 Å². The molecule has 184 valence electrons. The zero-order valence-corrected chi connectivity index (χ0v) is 18.9. The molecule has 2 N–H and O–H groups in total. The molecule has 0 radical (unpaired) electrons. The normalized spacial score (nSPS) is 26.9. The van der Waals surface area contributed by atoms with Gasteiger partial charge in [0.05, 0.1) is 11.7 Å². The maximum absolute atomic E-state index is 13.3. The standard InChI is InChI=1S/C25H28F4N2O3/c1-16(17-5-7-19(26)8-6-17)22-14-24(23(30)32,10-12-33-22)31-11-9-21(15-31)34-20-4-2-3-18(13-20)25(27,28)29/h2-8,13,16,21-22H,9-12,14-15H2,1H3,(H2,30,32)/t16-,21?,22?,24?/m0/s1. The van der Waals surface area contributed by atoms with E-state index in [1.54, 1.807) is 12.1 Å². The van der Waals surface area contributed by atoms with E-state index in [4.69, 9.17) is 15.2 Å². The maximum atomic E-state index is 13.3. The molecule has 2 aliphatic heterocycles. The van der Waals surface area contributed by atoms with Crippen LogP contribution >= 0.6 is 0 Å². The third-order valence-electron chi connectivity index (χ3n) is 7.01. The van der Waals surface area contributed by atoms with E-state index in [-0.39, 0.29) is 29.7 Å². The zero-order chi connectivity index (χ0) is 24.5. The van der Waals surface area contributed by atoms with Gasteiger partial charge < -0.3 is 15.2 Å². The predicted molar refractivity (Wildman–Crippen MR) is 118 cm³/mol. The van der Waals surface area contributed by atoms with Gasteiger partial charge in [-0.3, -0.25) is 9.69 Å². The number of nitrogens with two attached hydrogens (primary N) is 1. The molecule has 2 saturated heterocycles. The predicted octanol–water partition coefficient (Wildman–Crippen LogP) is 4.50. The van der Waals surface area contributed by atoms with Crippen LogP contribution in [-0.2, 0) is 15.7 Å². The van der Waals surface area contributed by atoms with Crippen molar-refractivity contribution in [3.63, 3.8) is 0 Å². The van der Waals surface area contributed by atoms with E-state index in [9.17, 15) is 22.4 Å². The fourth-order valence-electron chi connectivity index (χ4n) is 4.99. The smallest absolute Gasteiger partial charge is 0.416 e. The number of alkyl halides is 3. The summed E-state index contributed by atoms with van der Waals surface area (Å²) in [7, 11) is 0. The zero-order valence-electron chi connectivity index (χ0n) is 18.9. The number of benzene rings is 2. The van der Waals surface area contributed by atoms with Crippen molar-refractivity contribution in [2.45, 2.75) is 56.0 Å². The van der Waals surface area contributed by atoms with E-state index >= 15 is 0 Å². The van der Waals surface area contributed by atoms with E-state index in [1.807, 2.05) is 11.8 Å². The van der Waals surface area contributed by atoms with Crippen LogP contribution in [0.1, 0.15) is 43.2 Å². The van der Waals surface area contributed by atoms with Gasteiger partial charge in [-0.2, -0.15) is 13.2 Å². The van der Waals surface area contributed by atoms with Gasteiger partial charge in [-0.25, -0.2) is 4.39 Å². The Morgan fingerprint density at radius 1 is 1.24 bits per heavy atom. The van der Waals surface area contributed by atoms with Crippen molar-refractivity contribution in [2.24, 2.45) is 5.73 Å². The summed E-state index contributed by atoms with van der Waals surface area (Å²) in [6, 6.07) is 11.0. The summed E-state index contributed by atoms with van der Waals surface area (Å²) in [6.45, 7) is 3.22. The Balaban J connectivity index is 1.47. The molecule has 2 fully saturated rings. The number of primary amides is 1. The minimum absolute atomic E-state index is 0.0839. The van der Waals surface area contributed by atoms with Crippen LogP contribution < -0.4 is 10.5 Å². The van der Waals surface area contributed by atoms with Crippen LogP contribution in [0.15, 0.2) is 48.5 Å². The molecule has 9 heteroatoms. The van der Waals surface area contributed by atoms with Crippen LogP contribution in [0.4, 0.5) is 17.6 Å². The van der Waals surface area contributed by atoms with Crippen molar-refractivity contribution in [2.75, 3.05) is 19.7 Å². The van der Waals surface area contributed by atoms with Crippen LogP contribution in [0.2, 0.25) is 0 Å². The first-order chi connectivity index (χ1) is 16.1.